The molecular weight excluding hydrogens is 624 g/mol. The van der Waals surface area contributed by atoms with Crippen LogP contribution in [-0.4, -0.2) is 23.4 Å². The first kappa shape index (κ1) is 30.6. The number of fused-ring (bicyclic) bond motifs is 1. The van der Waals surface area contributed by atoms with Crippen LogP contribution in [0.1, 0.15) is 35.2 Å². The van der Waals surface area contributed by atoms with E-state index in [1.807, 2.05) is 115 Å². The van der Waals surface area contributed by atoms with E-state index in [0.717, 1.165) is 27.1 Å². The zero-order chi connectivity index (χ0) is 31.3. The van der Waals surface area contributed by atoms with Gasteiger partial charge in [0, 0.05) is 15.5 Å². The van der Waals surface area contributed by atoms with E-state index in [1.54, 1.807) is 23.3 Å². The van der Waals surface area contributed by atoms with E-state index in [4.69, 9.17) is 26.1 Å². The summed E-state index contributed by atoms with van der Waals surface area (Å²) in [5.41, 5.74) is 3.96. The lowest BCUT2D eigenvalue weighted by Crippen LogP contribution is -2.40. The molecule has 0 unspecified atom stereocenters. The van der Waals surface area contributed by atoms with Crippen LogP contribution in [-0.2, 0) is 16.1 Å². The highest BCUT2D eigenvalue weighted by molar-refractivity contribution is 7.98. The molecule has 45 heavy (non-hydrogen) atoms. The van der Waals surface area contributed by atoms with Crippen LogP contribution in [0.3, 0.4) is 0 Å². The van der Waals surface area contributed by atoms with Crippen LogP contribution in [0.25, 0.3) is 11.8 Å². The molecule has 1 aliphatic rings. The van der Waals surface area contributed by atoms with Gasteiger partial charge in [0.15, 0.2) is 4.80 Å². The second-order valence-electron chi connectivity index (χ2n) is 10.2. The molecule has 226 valence electrons. The molecule has 0 fully saturated rings. The third kappa shape index (κ3) is 6.68. The van der Waals surface area contributed by atoms with Crippen molar-refractivity contribution in [2.24, 2.45) is 4.99 Å². The number of nitrogens with zero attached hydrogens (tertiary/aromatic N) is 2. The van der Waals surface area contributed by atoms with E-state index in [1.165, 1.54) is 11.3 Å². The van der Waals surface area contributed by atoms with Gasteiger partial charge in [0.25, 0.3) is 5.56 Å². The minimum Gasteiger partial charge on any atom is -0.489 e. The fourth-order valence-corrected chi connectivity index (χ4v) is 6.67. The number of halogens is 1. The second kappa shape index (κ2) is 13.7. The molecule has 0 spiro atoms. The summed E-state index contributed by atoms with van der Waals surface area (Å²) in [6, 6.07) is 31.8. The number of hydrogen-bond acceptors (Lipinski definition) is 7. The molecule has 0 saturated heterocycles. The van der Waals surface area contributed by atoms with Crippen LogP contribution < -0.4 is 19.6 Å². The summed E-state index contributed by atoms with van der Waals surface area (Å²) < 4.78 is 13.7. The van der Waals surface area contributed by atoms with Crippen molar-refractivity contribution >= 4 is 52.4 Å². The first-order valence-electron chi connectivity index (χ1n) is 14.3. The predicted molar refractivity (Wildman–Crippen MR) is 182 cm³/mol. The van der Waals surface area contributed by atoms with Crippen molar-refractivity contribution in [3.63, 3.8) is 0 Å². The van der Waals surface area contributed by atoms with Crippen molar-refractivity contribution in [2.75, 3.05) is 12.9 Å². The quantitative estimate of drug-likeness (QED) is 0.128. The van der Waals surface area contributed by atoms with Crippen molar-refractivity contribution in [3.05, 3.63) is 156 Å². The van der Waals surface area contributed by atoms with Gasteiger partial charge >= 0.3 is 5.97 Å². The Morgan fingerprint density at radius 2 is 1.76 bits per heavy atom. The summed E-state index contributed by atoms with van der Waals surface area (Å²) in [6.45, 7) is 2.35. The Morgan fingerprint density at radius 1 is 1.00 bits per heavy atom. The van der Waals surface area contributed by atoms with Gasteiger partial charge in [0.1, 0.15) is 12.4 Å². The zero-order valence-electron chi connectivity index (χ0n) is 24.6. The summed E-state index contributed by atoms with van der Waals surface area (Å²) in [6.07, 6.45) is 3.84. The Morgan fingerprint density at radius 3 is 2.47 bits per heavy atom. The third-order valence-corrected chi connectivity index (χ3v) is 9.26. The van der Waals surface area contributed by atoms with E-state index in [2.05, 4.69) is 0 Å². The second-order valence-corrected chi connectivity index (χ2v) is 12.5. The standard InChI is InChI=1S/C36H29ClN2O4S2/c1-3-42-35(41)31-32(25-9-5-4-6-10-25)38-36-39(33(31)26-14-18-29(44-2)19-15-26)34(40)30(45-36)21-24-8-7-11-28(20-24)43-22-23-12-16-27(37)17-13-23/h4-21,33H,3,22H2,1-2H3/b30-21+/t33-/m1/s1. The highest BCUT2D eigenvalue weighted by atomic mass is 35.5. The van der Waals surface area contributed by atoms with Crippen molar-refractivity contribution < 1.29 is 14.3 Å². The summed E-state index contributed by atoms with van der Waals surface area (Å²) in [4.78, 5) is 34.3. The van der Waals surface area contributed by atoms with Gasteiger partial charge < -0.3 is 9.47 Å². The maximum absolute atomic E-state index is 14.2. The van der Waals surface area contributed by atoms with Gasteiger partial charge in [0.05, 0.1) is 28.5 Å². The maximum Gasteiger partial charge on any atom is 0.338 e. The lowest BCUT2D eigenvalue weighted by atomic mass is 9.93. The van der Waals surface area contributed by atoms with Crippen molar-refractivity contribution in [1.29, 1.82) is 0 Å². The van der Waals surface area contributed by atoms with E-state index in [9.17, 15) is 9.59 Å². The number of rotatable bonds is 9. The molecular formula is C36H29ClN2O4S2. The molecule has 5 aromatic rings. The molecule has 0 amide bonds. The molecule has 0 aliphatic carbocycles. The zero-order valence-corrected chi connectivity index (χ0v) is 27.0. The van der Waals surface area contributed by atoms with E-state index in [0.29, 0.717) is 38.0 Å². The monoisotopic (exact) mass is 652 g/mol. The summed E-state index contributed by atoms with van der Waals surface area (Å²) >= 11 is 8.92. The molecule has 1 atom stereocenters. The number of thiazole rings is 1. The highest BCUT2D eigenvalue weighted by Crippen LogP contribution is 2.35. The number of hydrogen-bond donors (Lipinski definition) is 0. The van der Waals surface area contributed by atoms with Gasteiger partial charge in [-0.05, 0) is 72.3 Å². The Kier molecular flexibility index (Phi) is 9.35. The molecule has 0 saturated carbocycles. The Bertz CT molecular complexity index is 2050. The van der Waals surface area contributed by atoms with Crippen molar-refractivity contribution in [3.8, 4) is 5.75 Å². The van der Waals surface area contributed by atoms with Gasteiger partial charge in [-0.1, -0.05) is 89.7 Å². The molecule has 0 bridgehead atoms. The smallest absolute Gasteiger partial charge is 0.338 e. The summed E-state index contributed by atoms with van der Waals surface area (Å²) in [7, 11) is 0. The maximum atomic E-state index is 14.2. The Labute approximate surface area is 274 Å². The largest absolute Gasteiger partial charge is 0.489 e. The van der Waals surface area contributed by atoms with Crippen molar-refractivity contribution in [2.45, 2.75) is 24.5 Å². The molecule has 9 heteroatoms. The average molecular weight is 653 g/mol. The molecule has 2 heterocycles. The molecule has 0 N–H and O–H groups in total. The number of carbonyl (C=O) groups excluding carboxylic acids is 1. The minimum absolute atomic E-state index is 0.198. The van der Waals surface area contributed by atoms with Crippen LogP contribution in [0.4, 0.5) is 0 Å². The number of aromatic nitrogens is 1. The van der Waals surface area contributed by atoms with Crippen LogP contribution in [0.15, 0.2) is 123 Å². The predicted octanol–water partition coefficient (Wildman–Crippen LogP) is 6.89. The van der Waals surface area contributed by atoms with Gasteiger partial charge in [-0.25, -0.2) is 9.79 Å². The summed E-state index contributed by atoms with van der Waals surface area (Å²) in [5.74, 6) is 0.174. The van der Waals surface area contributed by atoms with Crippen LogP contribution in [0.5, 0.6) is 5.75 Å². The van der Waals surface area contributed by atoms with Crippen LogP contribution >= 0.6 is 34.7 Å². The van der Waals surface area contributed by atoms with E-state index < -0.39 is 12.0 Å². The number of esters is 1. The molecule has 4 aromatic carbocycles. The number of ether oxygens (including phenoxy) is 2. The van der Waals surface area contributed by atoms with Crippen LogP contribution in [0.2, 0.25) is 5.02 Å². The molecule has 0 radical (unpaired) electrons. The fraction of sp³-hybridized carbons (Fsp3) is 0.139. The van der Waals surface area contributed by atoms with Gasteiger partial charge in [-0.2, -0.15) is 0 Å². The lowest BCUT2D eigenvalue weighted by Gasteiger charge is -2.26. The Balaban J connectivity index is 1.47. The topological polar surface area (TPSA) is 69.9 Å². The molecule has 1 aromatic heterocycles. The third-order valence-electron chi connectivity index (χ3n) is 7.28. The van der Waals surface area contributed by atoms with Gasteiger partial charge in [-0.15, -0.1) is 11.8 Å². The Hall–Kier alpha value is -4.37. The first-order valence-corrected chi connectivity index (χ1v) is 16.8. The van der Waals surface area contributed by atoms with Gasteiger partial charge in [0.2, 0.25) is 0 Å². The SMILES string of the molecule is CCOC(=O)C1=C(c2ccccc2)N=c2s/c(=C/c3cccc(OCc4ccc(Cl)cc4)c3)c(=O)n2[C@@H]1c1ccc(SC)cc1. The minimum atomic E-state index is -0.720. The number of thioether (sulfide) groups is 1. The first-order chi connectivity index (χ1) is 21.9. The lowest BCUT2D eigenvalue weighted by molar-refractivity contribution is -0.138. The van der Waals surface area contributed by atoms with Crippen molar-refractivity contribution in [1.82, 2.24) is 4.57 Å². The number of benzene rings is 4. The molecule has 6 rings (SSSR count). The highest BCUT2D eigenvalue weighted by Gasteiger charge is 2.35. The number of carbonyl (C=O) groups is 1. The molecule has 1 aliphatic heterocycles. The van der Waals surface area contributed by atoms with Crippen LogP contribution in [0, 0.1) is 0 Å². The summed E-state index contributed by atoms with van der Waals surface area (Å²) in [5, 5.41) is 0.673. The van der Waals surface area contributed by atoms with Gasteiger partial charge in [-0.3, -0.25) is 9.36 Å². The van der Waals surface area contributed by atoms with E-state index in [-0.39, 0.29) is 12.2 Å². The normalized spacial score (nSPS) is 14.6. The fourth-order valence-electron chi connectivity index (χ4n) is 5.13. The molecule has 6 nitrogen and oxygen atoms in total. The average Bonchev–Trinajstić information content (AvgIpc) is 3.38. The van der Waals surface area contributed by atoms with E-state index >= 15 is 0 Å².